The van der Waals surface area contributed by atoms with Crippen LogP contribution < -0.4 is 9.64 Å². The lowest BCUT2D eigenvalue weighted by molar-refractivity contribution is -0.124. The van der Waals surface area contributed by atoms with Crippen molar-refractivity contribution in [3.63, 3.8) is 0 Å². The van der Waals surface area contributed by atoms with Crippen LogP contribution in [0.1, 0.15) is 17.5 Å². The van der Waals surface area contributed by atoms with E-state index in [1.165, 1.54) is 16.9 Å². The summed E-state index contributed by atoms with van der Waals surface area (Å²) in [6, 6.07) is 13.3. The second-order valence-electron chi connectivity index (χ2n) is 8.96. The Morgan fingerprint density at radius 1 is 0.862 bits per heavy atom. The van der Waals surface area contributed by atoms with Crippen LogP contribution in [0.5, 0.6) is 11.5 Å². The second kappa shape index (κ2) is 5.82. The largest absolute Gasteiger partial charge is 0.457 e. The van der Waals surface area contributed by atoms with Gasteiger partial charge in [-0.2, -0.15) is 0 Å². The Labute approximate surface area is 170 Å². The number of hydrogen-bond acceptors (Lipinski definition) is 3. The van der Waals surface area contributed by atoms with Gasteiger partial charge in [0.15, 0.2) is 0 Å². The molecule has 6 atom stereocenters. The number of amides is 2. The molecule has 7 rings (SSSR count). The van der Waals surface area contributed by atoms with E-state index in [9.17, 15) is 9.59 Å². The normalized spacial score (nSPS) is 33.7. The molecule has 0 spiro atoms. The third kappa shape index (κ3) is 2.32. The molecular formula is C25H23NO3. The van der Waals surface area contributed by atoms with Crippen LogP contribution >= 0.6 is 0 Å². The molecule has 0 radical (unpaired) electrons. The summed E-state index contributed by atoms with van der Waals surface area (Å²) in [6.07, 6.45) is 5.59. The van der Waals surface area contributed by atoms with E-state index in [1.807, 2.05) is 43.3 Å². The molecule has 1 saturated heterocycles. The highest BCUT2D eigenvalue weighted by Gasteiger charge is 2.67. The van der Waals surface area contributed by atoms with Crippen molar-refractivity contribution in [2.24, 2.45) is 35.5 Å². The standard InChI is InChI=1S/C25H23NO3/c1-13-4-3-5-21(14(13)2)29-16-8-6-15(7-9-16)26-24(27)22-17-10-11-18(20-12-19(17)20)23(22)25(26)28/h3-11,17-20,22-23H,12H2,1-2H3/t17-,18+,19+,20-,22-,23+. The number of nitrogens with zero attached hydrogens (tertiary/aromatic N) is 1. The van der Waals surface area contributed by atoms with Crippen LogP contribution in [0.3, 0.4) is 0 Å². The third-order valence-corrected chi connectivity index (χ3v) is 7.54. The molecule has 2 aromatic carbocycles. The van der Waals surface area contributed by atoms with E-state index < -0.39 is 0 Å². The van der Waals surface area contributed by atoms with Crippen LogP contribution in [-0.4, -0.2) is 11.8 Å². The molecule has 2 aromatic rings. The van der Waals surface area contributed by atoms with E-state index in [2.05, 4.69) is 25.1 Å². The molecule has 29 heavy (non-hydrogen) atoms. The van der Waals surface area contributed by atoms with Gasteiger partial charge in [-0.1, -0.05) is 24.3 Å². The molecule has 0 unspecified atom stereocenters. The van der Waals surface area contributed by atoms with Crippen molar-refractivity contribution in [1.29, 1.82) is 0 Å². The van der Waals surface area contributed by atoms with Gasteiger partial charge < -0.3 is 4.74 Å². The summed E-state index contributed by atoms with van der Waals surface area (Å²) in [4.78, 5) is 27.8. The van der Waals surface area contributed by atoms with Crippen molar-refractivity contribution < 1.29 is 14.3 Å². The van der Waals surface area contributed by atoms with Gasteiger partial charge in [0.05, 0.1) is 17.5 Å². The van der Waals surface area contributed by atoms with E-state index in [-0.39, 0.29) is 35.5 Å². The molecule has 4 aliphatic carbocycles. The van der Waals surface area contributed by atoms with Gasteiger partial charge in [0.1, 0.15) is 11.5 Å². The first kappa shape index (κ1) is 17.0. The van der Waals surface area contributed by atoms with Crippen LogP contribution in [0.15, 0.2) is 54.6 Å². The maximum absolute atomic E-state index is 13.2. The predicted octanol–water partition coefficient (Wildman–Crippen LogP) is 4.65. The first-order valence-electron chi connectivity index (χ1n) is 10.4. The Hall–Kier alpha value is -2.88. The summed E-state index contributed by atoms with van der Waals surface area (Å²) >= 11 is 0. The van der Waals surface area contributed by atoms with E-state index in [0.717, 1.165) is 11.3 Å². The summed E-state index contributed by atoms with van der Waals surface area (Å²) in [5, 5.41) is 0. The van der Waals surface area contributed by atoms with Gasteiger partial charge in [-0.15, -0.1) is 0 Å². The number of hydrogen-bond donors (Lipinski definition) is 0. The monoisotopic (exact) mass is 385 g/mol. The number of allylic oxidation sites excluding steroid dienone is 2. The van der Waals surface area contributed by atoms with Gasteiger partial charge in [-0.3, -0.25) is 14.5 Å². The maximum atomic E-state index is 13.2. The number of carbonyl (C=O) groups excluding carboxylic acids is 2. The van der Waals surface area contributed by atoms with Crippen LogP contribution in [0.2, 0.25) is 0 Å². The zero-order valence-corrected chi connectivity index (χ0v) is 16.5. The number of ether oxygens (including phenoxy) is 1. The smallest absolute Gasteiger partial charge is 0.238 e. The van der Waals surface area contributed by atoms with E-state index in [4.69, 9.17) is 4.74 Å². The van der Waals surface area contributed by atoms with Crippen molar-refractivity contribution >= 4 is 17.5 Å². The van der Waals surface area contributed by atoms with Gasteiger partial charge in [0.25, 0.3) is 0 Å². The van der Waals surface area contributed by atoms with E-state index in [1.54, 1.807) is 0 Å². The number of imide groups is 1. The van der Waals surface area contributed by atoms with Crippen molar-refractivity contribution in [3.8, 4) is 11.5 Å². The summed E-state index contributed by atoms with van der Waals surface area (Å²) in [5.74, 6) is 2.90. The fourth-order valence-electron chi connectivity index (χ4n) is 5.84. The minimum Gasteiger partial charge on any atom is -0.457 e. The number of benzene rings is 2. The molecule has 2 saturated carbocycles. The van der Waals surface area contributed by atoms with Crippen molar-refractivity contribution in [2.45, 2.75) is 20.3 Å². The molecule has 0 N–H and O–H groups in total. The average molecular weight is 385 g/mol. The summed E-state index contributed by atoms with van der Waals surface area (Å²) < 4.78 is 6.02. The highest BCUT2D eigenvalue weighted by atomic mass is 16.5. The molecule has 4 heteroatoms. The van der Waals surface area contributed by atoms with Crippen molar-refractivity contribution in [2.75, 3.05) is 4.90 Å². The number of anilines is 1. The molecule has 146 valence electrons. The molecule has 1 aliphatic heterocycles. The fraction of sp³-hybridized carbons (Fsp3) is 0.360. The van der Waals surface area contributed by atoms with Crippen molar-refractivity contribution in [1.82, 2.24) is 0 Å². The minimum atomic E-state index is -0.160. The number of carbonyl (C=O) groups is 2. The summed E-state index contributed by atoms with van der Waals surface area (Å²) in [6.45, 7) is 4.09. The van der Waals surface area contributed by atoms with Crippen LogP contribution in [0, 0.1) is 49.4 Å². The van der Waals surface area contributed by atoms with Gasteiger partial charge in [-0.05, 0) is 85.4 Å². The molecule has 2 bridgehead atoms. The Balaban J connectivity index is 1.27. The highest BCUT2D eigenvalue weighted by Crippen LogP contribution is 2.65. The molecule has 4 nitrogen and oxygen atoms in total. The molecular weight excluding hydrogens is 362 g/mol. The third-order valence-electron chi connectivity index (χ3n) is 7.54. The van der Waals surface area contributed by atoms with E-state index >= 15 is 0 Å². The lowest BCUT2D eigenvalue weighted by Crippen LogP contribution is -2.40. The molecule has 1 heterocycles. The Morgan fingerprint density at radius 2 is 1.48 bits per heavy atom. The fourth-order valence-corrected chi connectivity index (χ4v) is 5.84. The Bertz CT molecular complexity index is 1030. The first-order valence-corrected chi connectivity index (χ1v) is 10.4. The zero-order valence-electron chi connectivity index (χ0n) is 16.5. The zero-order chi connectivity index (χ0) is 19.9. The first-order chi connectivity index (χ1) is 14.0. The van der Waals surface area contributed by atoms with Crippen LogP contribution in [0.25, 0.3) is 0 Å². The second-order valence-corrected chi connectivity index (χ2v) is 8.96. The van der Waals surface area contributed by atoms with Crippen LogP contribution in [-0.2, 0) is 9.59 Å². The van der Waals surface area contributed by atoms with Crippen LogP contribution in [0.4, 0.5) is 5.69 Å². The topological polar surface area (TPSA) is 46.6 Å². The number of rotatable bonds is 3. The number of aryl methyl sites for hydroxylation is 1. The summed E-state index contributed by atoms with van der Waals surface area (Å²) in [5.41, 5.74) is 2.93. The molecule has 5 aliphatic rings. The lowest BCUT2D eigenvalue weighted by atomic mass is 9.63. The quantitative estimate of drug-likeness (QED) is 0.571. The molecule has 0 aromatic heterocycles. The van der Waals surface area contributed by atoms with Gasteiger partial charge in [-0.25, -0.2) is 0 Å². The highest BCUT2D eigenvalue weighted by molar-refractivity contribution is 6.22. The average Bonchev–Trinajstić information content (AvgIpc) is 3.50. The lowest BCUT2D eigenvalue weighted by Gasteiger charge is -2.37. The van der Waals surface area contributed by atoms with Gasteiger partial charge >= 0.3 is 0 Å². The molecule has 2 amide bonds. The SMILES string of the molecule is Cc1cccc(Oc2ccc(N3C(=O)[C@@H]4[C@@H]5C=C[C@@H]([C@H]6C[C@@H]56)[C@@H]4C3=O)cc2)c1C. The Morgan fingerprint density at radius 3 is 2.10 bits per heavy atom. The van der Waals surface area contributed by atoms with Gasteiger partial charge in [0, 0.05) is 0 Å². The maximum Gasteiger partial charge on any atom is 0.238 e. The van der Waals surface area contributed by atoms with E-state index in [0.29, 0.717) is 23.3 Å². The van der Waals surface area contributed by atoms with Crippen molar-refractivity contribution in [3.05, 3.63) is 65.7 Å². The Kier molecular flexibility index (Phi) is 3.41. The van der Waals surface area contributed by atoms with Gasteiger partial charge in [0.2, 0.25) is 11.8 Å². The molecule has 3 fully saturated rings. The minimum absolute atomic E-state index is 0.0205. The predicted molar refractivity (Wildman–Crippen MR) is 110 cm³/mol. The summed E-state index contributed by atoms with van der Waals surface area (Å²) in [7, 11) is 0.